The number of fused-ring (bicyclic) bond motifs is 1. The lowest BCUT2D eigenvalue weighted by Gasteiger charge is -2.18. The van der Waals surface area contributed by atoms with Crippen molar-refractivity contribution in [3.8, 4) is 11.1 Å². The van der Waals surface area contributed by atoms with E-state index in [0.29, 0.717) is 0 Å². The van der Waals surface area contributed by atoms with Gasteiger partial charge in [0.1, 0.15) is 5.76 Å². The molecule has 4 heteroatoms. The lowest BCUT2D eigenvalue weighted by Crippen LogP contribution is -2.12. The van der Waals surface area contributed by atoms with Crippen LogP contribution in [0.4, 0.5) is 0 Å². The molecule has 1 aromatic carbocycles. The molecule has 0 fully saturated rings. The molecule has 20 heavy (non-hydrogen) atoms. The molecular formula is C16H18N2O2. The zero-order valence-corrected chi connectivity index (χ0v) is 12.2. The highest BCUT2D eigenvalue weighted by Gasteiger charge is 2.35. The summed E-state index contributed by atoms with van der Waals surface area (Å²) < 4.78 is 5.25. The summed E-state index contributed by atoms with van der Waals surface area (Å²) in [5, 5.41) is 16.6. The topological polar surface area (TPSA) is 58.6 Å². The summed E-state index contributed by atoms with van der Waals surface area (Å²) >= 11 is 0. The fraction of sp³-hybridized carbons (Fsp3) is 0.375. The van der Waals surface area contributed by atoms with Gasteiger partial charge in [-0.2, -0.15) is 0 Å². The second kappa shape index (κ2) is 4.20. The zero-order valence-electron chi connectivity index (χ0n) is 12.2. The Morgan fingerprint density at radius 1 is 1.30 bits per heavy atom. The molecular weight excluding hydrogens is 252 g/mol. The first-order valence-corrected chi connectivity index (χ1v) is 6.73. The van der Waals surface area contributed by atoms with Crippen molar-refractivity contribution in [1.29, 1.82) is 0 Å². The summed E-state index contributed by atoms with van der Waals surface area (Å²) in [4.78, 5) is 0. The highest BCUT2D eigenvalue weighted by Crippen LogP contribution is 2.41. The highest BCUT2D eigenvalue weighted by atomic mass is 16.5. The lowest BCUT2D eigenvalue weighted by molar-refractivity contribution is 0.317. The standard InChI is InChI=1S/C16H18N2O2/c1-9-15(10(2)20-18-9)11-5-6-12-13(7-11)16(3,4)8-14(12)17-19/h5-7,19H,8H2,1-4H3/b17-14+. The van der Waals surface area contributed by atoms with E-state index in [2.05, 4.69) is 30.2 Å². The monoisotopic (exact) mass is 270 g/mol. The van der Waals surface area contributed by atoms with Crippen LogP contribution >= 0.6 is 0 Å². The Morgan fingerprint density at radius 3 is 2.65 bits per heavy atom. The van der Waals surface area contributed by atoms with Crippen molar-refractivity contribution < 1.29 is 9.73 Å². The van der Waals surface area contributed by atoms with Crippen molar-refractivity contribution in [3.63, 3.8) is 0 Å². The predicted molar refractivity (Wildman–Crippen MR) is 77.4 cm³/mol. The molecule has 0 radical (unpaired) electrons. The van der Waals surface area contributed by atoms with Crippen LogP contribution in [0.5, 0.6) is 0 Å². The second-order valence-electron chi connectivity index (χ2n) is 6.07. The summed E-state index contributed by atoms with van der Waals surface area (Å²) in [5.41, 5.74) is 6.04. The summed E-state index contributed by atoms with van der Waals surface area (Å²) in [6.45, 7) is 8.21. The fourth-order valence-corrected chi connectivity index (χ4v) is 3.10. The molecule has 1 aliphatic carbocycles. The minimum Gasteiger partial charge on any atom is -0.411 e. The van der Waals surface area contributed by atoms with Gasteiger partial charge in [-0.1, -0.05) is 36.3 Å². The van der Waals surface area contributed by atoms with Gasteiger partial charge in [0.25, 0.3) is 0 Å². The Kier molecular flexibility index (Phi) is 2.71. The maximum Gasteiger partial charge on any atom is 0.141 e. The van der Waals surface area contributed by atoms with E-state index < -0.39 is 0 Å². The Labute approximate surface area is 118 Å². The van der Waals surface area contributed by atoms with Crippen LogP contribution in [0.1, 0.15) is 42.8 Å². The molecule has 0 aliphatic heterocycles. The number of benzene rings is 1. The molecule has 1 aliphatic rings. The molecule has 0 atom stereocenters. The quantitative estimate of drug-likeness (QED) is 0.633. The van der Waals surface area contributed by atoms with Crippen molar-refractivity contribution in [2.45, 2.75) is 39.5 Å². The zero-order chi connectivity index (χ0) is 14.5. The van der Waals surface area contributed by atoms with Gasteiger partial charge in [0.2, 0.25) is 0 Å². The van der Waals surface area contributed by atoms with E-state index in [-0.39, 0.29) is 5.41 Å². The molecule has 0 saturated heterocycles. The van der Waals surface area contributed by atoms with Crippen LogP contribution in [0.25, 0.3) is 11.1 Å². The van der Waals surface area contributed by atoms with Crippen LogP contribution in [0.3, 0.4) is 0 Å². The largest absolute Gasteiger partial charge is 0.411 e. The smallest absolute Gasteiger partial charge is 0.141 e. The molecule has 1 aromatic heterocycles. The van der Waals surface area contributed by atoms with Crippen LogP contribution in [0.15, 0.2) is 27.9 Å². The van der Waals surface area contributed by atoms with Gasteiger partial charge in [0, 0.05) is 17.5 Å². The number of nitrogens with zero attached hydrogens (tertiary/aromatic N) is 2. The molecule has 0 unspecified atom stereocenters. The van der Waals surface area contributed by atoms with Gasteiger partial charge in [0.05, 0.1) is 11.4 Å². The predicted octanol–water partition coefficient (Wildman–Crippen LogP) is 3.82. The first kappa shape index (κ1) is 12.9. The number of rotatable bonds is 1. The molecule has 1 heterocycles. The Morgan fingerprint density at radius 2 is 2.05 bits per heavy atom. The Balaban J connectivity index is 2.20. The van der Waals surface area contributed by atoms with Gasteiger partial charge in [-0.3, -0.25) is 0 Å². The fourth-order valence-electron chi connectivity index (χ4n) is 3.10. The van der Waals surface area contributed by atoms with Crippen LogP contribution in [0.2, 0.25) is 0 Å². The van der Waals surface area contributed by atoms with E-state index in [1.807, 2.05) is 26.0 Å². The average Bonchev–Trinajstić information content (AvgIpc) is 2.87. The summed E-state index contributed by atoms with van der Waals surface area (Å²) in [5.74, 6) is 0.828. The first-order valence-electron chi connectivity index (χ1n) is 6.73. The third kappa shape index (κ3) is 1.75. The summed E-state index contributed by atoms with van der Waals surface area (Å²) in [7, 11) is 0. The van der Waals surface area contributed by atoms with Crippen molar-refractivity contribution in [2.75, 3.05) is 0 Å². The van der Waals surface area contributed by atoms with Crippen LogP contribution in [0, 0.1) is 13.8 Å². The second-order valence-corrected chi connectivity index (χ2v) is 6.07. The summed E-state index contributed by atoms with van der Waals surface area (Å²) in [6, 6.07) is 6.23. The third-order valence-electron chi connectivity index (χ3n) is 4.11. The maximum atomic E-state index is 9.15. The first-order chi connectivity index (χ1) is 9.44. The van der Waals surface area contributed by atoms with Gasteiger partial charge in [0.15, 0.2) is 0 Å². The SMILES string of the molecule is Cc1noc(C)c1-c1ccc2c(c1)C(C)(C)C/C2=N\O. The van der Waals surface area contributed by atoms with Crippen LogP contribution < -0.4 is 0 Å². The van der Waals surface area contributed by atoms with Crippen molar-refractivity contribution in [3.05, 3.63) is 40.8 Å². The number of oxime groups is 1. The van der Waals surface area contributed by atoms with Crippen LogP contribution in [-0.4, -0.2) is 16.1 Å². The van der Waals surface area contributed by atoms with Crippen LogP contribution in [-0.2, 0) is 5.41 Å². The molecule has 0 bridgehead atoms. The molecule has 2 aromatic rings. The minimum absolute atomic E-state index is 0.0219. The molecule has 3 rings (SSSR count). The van der Waals surface area contributed by atoms with E-state index in [1.165, 1.54) is 5.56 Å². The molecule has 0 saturated carbocycles. The molecule has 0 amide bonds. The van der Waals surface area contributed by atoms with Gasteiger partial charge >= 0.3 is 0 Å². The number of aryl methyl sites for hydroxylation is 2. The van der Waals surface area contributed by atoms with Gasteiger partial charge < -0.3 is 9.73 Å². The Bertz CT molecular complexity index is 692. The number of hydrogen-bond donors (Lipinski definition) is 1. The van der Waals surface area contributed by atoms with Crippen molar-refractivity contribution in [1.82, 2.24) is 5.16 Å². The van der Waals surface area contributed by atoms with Crippen molar-refractivity contribution in [2.24, 2.45) is 5.16 Å². The van der Waals surface area contributed by atoms with E-state index >= 15 is 0 Å². The molecule has 0 spiro atoms. The number of aromatic nitrogens is 1. The lowest BCUT2D eigenvalue weighted by atomic mass is 9.85. The van der Waals surface area contributed by atoms with Gasteiger partial charge in [-0.05, 0) is 36.5 Å². The highest BCUT2D eigenvalue weighted by molar-refractivity contribution is 6.06. The third-order valence-corrected chi connectivity index (χ3v) is 4.11. The van der Waals surface area contributed by atoms with E-state index in [0.717, 1.165) is 40.3 Å². The Hall–Kier alpha value is -2.10. The van der Waals surface area contributed by atoms with E-state index in [4.69, 9.17) is 9.73 Å². The normalized spacial score (nSPS) is 18.5. The van der Waals surface area contributed by atoms with Gasteiger partial charge in [-0.15, -0.1) is 0 Å². The molecule has 1 N–H and O–H groups in total. The maximum absolute atomic E-state index is 9.15. The van der Waals surface area contributed by atoms with Crippen molar-refractivity contribution >= 4 is 5.71 Å². The minimum atomic E-state index is -0.0219. The van der Waals surface area contributed by atoms with E-state index in [9.17, 15) is 0 Å². The number of hydrogen-bond acceptors (Lipinski definition) is 4. The molecule has 104 valence electrons. The van der Waals surface area contributed by atoms with E-state index in [1.54, 1.807) is 0 Å². The summed E-state index contributed by atoms with van der Waals surface area (Å²) in [6.07, 6.45) is 0.754. The molecule has 4 nitrogen and oxygen atoms in total. The average molecular weight is 270 g/mol. The van der Waals surface area contributed by atoms with Gasteiger partial charge in [-0.25, -0.2) is 0 Å².